The van der Waals surface area contributed by atoms with E-state index in [0.717, 1.165) is 16.9 Å². The van der Waals surface area contributed by atoms with E-state index in [-0.39, 0.29) is 12.3 Å². The number of nitrogens with zero attached hydrogens (tertiary/aromatic N) is 2. The minimum atomic E-state index is -0.638. The molecule has 3 N–H and O–H groups in total. The van der Waals surface area contributed by atoms with E-state index in [4.69, 9.17) is 12.2 Å². The fourth-order valence-electron chi connectivity index (χ4n) is 2.12. The fourth-order valence-corrected chi connectivity index (χ4v) is 2.12. The van der Waals surface area contributed by atoms with Crippen molar-refractivity contribution < 1.29 is 4.79 Å². The normalized spacial score (nSPS) is 12.1. The number of benzene rings is 1. The van der Waals surface area contributed by atoms with Crippen LogP contribution in [0, 0.1) is 19.3 Å². The molecule has 0 saturated heterocycles. The number of terminal acetylenes is 1. The molecule has 0 spiro atoms. The Labute approximate surface area is 118 Å². The minimum absolute atomic E-state index is 0.218. The first-order valence-corrected chi connectivity index (χ1v) is 6.52. The average Bonchev–Trinajstić information content (AvgIpc) is 2.75. The summed E-state index contributed by atoms with van der Waals surface area (Å²) in [6.45, 7) is 3.10. The number of para-hydroxylation sites is 2. The van der Waals surface area contributed by atoms with E-state index in [1.165, 1.54) is 0 Å². The summed E-state index contributed by atoms with van der Waals surface area (Å²) in [6, 6.07) is 7.28. The number of fused-ring (bicyclic) bond motifs is 1. The van der Waals surface area contributed by atoms with Crippen LogP contribution < -0.4 is 11.1 Å². The Morgan fingerprint density at radius 2 is 2.30 bits per heavy atom. The monoisotopic (exact) mass is 270 g/mol. The molecule has 1 unspecified atom stereocenters. The molecule has 1 atom stereocenters. The lowest BCUT2D eigenvalue weighted by atomic mass is 10.2. The number of aryl methyl sites for hydroxylation is 1. The lowest BCUT2D eigenvalue weighted by molar-refractivity contribution is -0.122. The molecule has 0 bridgehead atoms. The van der Waals surface area contributed by atoms with E-state index in [9.17, 15) is 4.79 Å². The van der Waals surface area contributed by atoms with Crippen molar-refractivity contribution in [2.45, 2.75) is 25.9 Å². The van der Waals surface area contributed by atoms with Gasteiger partial charge in [0.25, 0.3) is 0 Å². The summed E-state index contributed by atoms with van der Waals surface area (Å²) < 4.78 is 2.07. The average molecular weight is 270 g/mol. The van der Waals surface area contributed by atoms with Crippen molar-refractivity contribution in [3.63, 3.8) is 0 Å². The molecule has 2 aromatic rings. The number of hydrogen-bond donors (Lipinski definition) is 2. The third-order valence-corrected chi connectivity index (χ3v) is 3.15. The van der Waals surface area contributed by atoms with Crippen LogP contribution in [0.1, 0.15) is 12.2 Å². The summed E-state index contributed by atoms with van der Waals surface area (Å²) in [7, 11) is 0. The van der Waals surface area contributed by atoms with Crippen LogP contribution >= 0.6 is 0 Å². The molecule has 0 fully saturated rings. The van der Waals surface area contributed by atoms with Crippen molar-refractivity contribution in [2.75, 3.05) is 6.54 Å². The van der Waals surface area contributed by atoms with Gasteiger partial charge in [-0.2, -0.15) is 0 Å². The molecule has 0 aliphatic rings. The highest BCUT2D eigenvalue weighted by Crippen LogP contribution is 2.14. The Kier molecular flexibility index (Phi) is 4.38. The number of carbonyl (C=O) groups is 1. The van der Waals surface area contributed by atoms with Gasteiger partial charge >= 0.3 is 0 Å². The van der Waals surface area contributed by atoms with Gasteiger partial charge in [0, 0.05) is 19.5 Å². The maximum Gasteiger partial charge on any atom is 0.237 e. The van der Waals surface area contributed by atoms with Crippen LogP contribution in [0.3, 0.4) is 0 Å². The van der Waals surface area contributed by atoms with Gasteiger partial charge in [0.2, 0.25) is 5.91 Å². The zero-order chi connectivity index (χ0) is 14.5. The molecule has 5 heteroatoms. The van der Waals surface area contributed by atoms with Gasteiger partial charge in [-0.1, -0.05) is 12.1 Å². The van der Waals surface area contributed by atoms with Crippen molar-refractivity contribution in [1.82, 2.24) is 14.9 Å². The second kappa shape index (κ2) is 6.22. The SMILES string of the molecule is C#CCC(N)C(=O)NCCn1c(C)nc2ccccc21. The molecule has 1 heterocycles. The van der Waals surface area contributed by atoms with E-state index in [2.05, 4.69) is 20.8 Å². The Morgan fingerprint density at radius 3 is 3.05 bits per heavy atom. The van der Waals surface area contributed by atoms with Gasteiger partial charge < -0.3 is 15.6 Å². The maximum absolute atomic E-state index is 11.7. The summed E-state index contributed by atoms with van der Waals surface area (Å²) in [6.07, 6.45) is 5.38. The zero-order valence-electron chi connectivity index (χ0n) is 11.5. The van der Waals surface area contributed by atoms with Crippen LogP contribution in [0.15, 0.2) is 24.3 Å². The van der Waals surface area contributed by atoms with Crippen molar-refractivity contribution >= 4 is 16.9 Å². The fraction of sp³-hybridized carbons (Fsp3) is 0.333. The molecule has 1 aromatic carbocycles. The van der Waals surface area contributed by atoms with E-state index < -0.39 is 6.04 Å². The maximum atomic E-state index is 11.7. The highest BCUT2D eigenvalue weighted by atomic mass is 16.2. The van der Waals surface area contributed by atoms with Gasteiger partial charge in [-0.25, -0.2) is 4.98 Å². The molecule has 5 nitrogen and oxygen atoms in total. The lowest BCUT2D eigenvalue weighted by Crippen LogP contribution is -2.41. The van der Waals surface area contributed by atoms with Gasteiger partial charge in [0.05, 0.1) is 17.1 Å². The highest BCUT2D eigenvalue weighted by molar-refractivity contribution is 5.81. The smallest absolute Gasteiger partial charge is 0.237 e. The summed E-state index contributed by atoms with van der Waals surface area (Å²) in [5.74, 6) is 3.09. The van der Waals surface area contributed by atoms with Crippen LogP contribution in [0.4, 0.5) is 0 Å². The molecular weight excluding hydrogens is 252 g/mol. The predicted octanol–water partition coefficient (Wildman–Crippen LogP) is 0.812. The Hall–Kier alpha value is -2.32. The Balaban J connectivity index is 1.98. The Bertz CT molecular complexity index is 653. The second-order valence-electron chi connectivity index (χ2n) is 4.61. The first-order valence-electron chi connectivity index (χ1n) is 6.52. The molecule has 0 saturated carbocycles. The summed E-state index contributed by atoms with van der Waals surface area (Å²) in [5.41, 5.74) is 7.65. The van der Waals surface area contributed by atoms with Crippen LogP contribution in [0.2, 0.25) is 0 Å². The molecule has 0 radical (unpaired) electrons. The van der Waals surface area contributed by atoms with Gasteiger partial charge in [-0.3, -0.25) is 4.79 Å². The molecule has 1 amide bonds. The second-order valence-corrected chi connectivity index (χ2v) is 4.61. The molecule has 20 heavy (non-hydrogen) atoms. The first-order chi connectivity index (χ1) is 9.63. The number of rotatable bonds is 5. The molecule has 0 aliphatic carbocycles. The largest absolute Gasteiger partial charge is 0.353 e. The van der Waals surface area contributed by atoms with Crippen LogP contribution in [0.25, 0.3) is 11.0 Å². The summed E-state index contributed by atoms with van der Waals surface area (Å²) in [4.78, 5) is 16.1. The van der Waals surface area contributed by atoms with Crippen LogP contribution in [-0.2, 0) is 11.3 Å². The topological polar surface area (TPSA) is 72.9 Å². The van der Waals surface area contributed by atoms with E-state index in [1.54, 1.807) is 0 Å². The van der Waals surface area contributed by atoms with Gasteiger partial charge in [0.15, 0.2) is 0 Å². The number of imidazole rings is 1. The number of aromatic nitrogens is 2. The third kappa shape index (κ3) is 2.98. The third-order valence-electron chi connectivity index (χ3n) is 3.15. The zero-order valence-corrected chi connectivity index (χ0v) is 11.5. The predicted molar refractivity (Wildman–Crippen MR) is 78.9 cm³/mol. The van der Waals surface area contributed by atoms with E-state index in [1.807, 2.05) is 31.2 Å². The van der Waals surface area contributed by atoms with Gasteiger partial charge in [-0.05, 0) is 19.1 Å². The van der Waals surface area contributed by atoms with Crippen molar-refractivity contribution in [1.29, 1.82) is 0 Å². The van der Waals surface area contributed by atoms with Crippen molar-refractivity contribution in [3.05, 3.63) is 30.1 Å². The van der Waals surface area contributed by atoms with Gasteiger partial charge in [-0.15, -0.1) is 12.3 Å². The molecule has 104 valence electrons. The molecule has 0 aliphatic heterocycles. The highest BCUT2D eigenvalue weighted by Gasteiger charge is 2.12. The number of hydrogen-bond acceptors (Lipinski definition) is 3. The summed E-state index contributed by atoms with van der Waals surface area (Å²) in [5, 5.41) is 2.79. The molecule has 2 rings (SSSR count). The van der Waals surface area contributed by atoms with Crippen molar-refractivity contribution in [2.24, 2.45) is 5.73 Å². The lowest BCUT2D eigenvalue weighted by Gasteiger charge is -2.11. The molecule has 1 aromatic heterocycles. The van der Waals surface area contributed by atoms with E-state index >= 15 is 0 Å². The quantitative estimate of drug-likeness (QED) is 0.790. The number of nitrogens with two attached hydrogens (primary N) is 1. The van der Waals surface area contributed by atoms with Crippen molar-refractivity contribution in [3.8, 4) is 12.3 Å². The number of carbonyl (C=O) groups excluding carboxylic acids is 1. The number of amides is 1. The molecular formula is C15H18N4O. The minimum Gasteiger partial charge on any atom is -0.353 e. The first kappa shape index (κ1) is 14.1. The van der Waals surface area contributed by atoms with Crippen LogP contribution in [-0.4, -0.2) is 28.0 Å². The summed E-state index contributed by atoms with van der Waals surface area (Å²) >= 11 is 0. The Morgan fingerprint density at radius 1 is 1.55 bits per heavy atom. The number of nitrogens with one attached hydrogen (secondary N) is 1. The van der Waals surface area contributed by atoms with Crippen LogP contribution in [0.5, 0.6) is 0 Å². The van der Waals surface area contributed by atoms with Gasteiger partial charge in [0.1, 0.15) is 5.82 Å². The standard InChI is InChI=1S/C15H18N4O/c1-3-6-12(16)15(20)17-9-10-19-11(2)18-13-7-4-5-8-14(13)19/h1,4-5,7-8,12H,6,9-10,16H2,2H3,(H,17,20). The van der Waals surface area contributed by atoms with E-state index in [0.29, 0.717) is 13.1 Å².